The summed E-state index contributed by atoms with van der Waals surface area (Å²) >= 11 is 0. The van der Waals surface area contributed by atoms with E-state index < -0.39 is 18.0 Å². The van der Waals surface area contributed by atoms with Crippen LogP contribution in [-0.4, -0.2) is 18.0 Å². The Bertz CT molecular complexity index is 428. The van der Waals surface area contributed by atoms with Gasteiger partial charge in [0.25, 0.3) is 5.78 Å². The Kier molecular flexibility index (Phi) is 3.76. The van der Waals surface area contributed by atoms with E-state index in [2.05, 4.69) is 0 Å². The molecule has 0 saturated heterocycles. The second-order valence-electron chi connectivity index (χ2n) is 4.82. The molecule has 0 aliphatic heterocycles. The topological polar surface area (TPSA) is 34.1 Å². The number of alkyl halides is 2. The third-order valence-corrected chi connectivity index (χ3v) is 2.44. The molecular weight excluding hydrogens is 226 g/mol. The average Bonchev–Trinajstić information content (AvgIpc) is 2.26. The van der Waals surface area contributed by atoms with Crippen molar-refractivity contribution in [2.24, 2.45) is 0 Å². The Balaban J connectivity index is 2.96. The van der Waals surface area contributed by atoms with Crippen molar-refractivity contribution in [3.8, 4) is 0 Å². The van der Waals surface area contributed by atoms with Crippen molar-refractivity contribution in [2.45, 2.75) is 32.6 Å². The summed E-state index contributed by atoms with van der Waals surface area (Å²) in [6, 6.07) is 6.16. The quantitative estimate of drug-likeness (QED) is 0.601. The molecule has 0 spiro atoms. The maximum Gasteiger partial charge on any atom is 0.303 e. The molecule has 0 atom stereocenters. The third-order valence-electron chi connectivity index (χ3n) is 2.44. The van der Waals surface area contributed by atoms with Crippen LogP contribution in [0.1, 0.15) is 36.7 Å². The van der Waals surface area contributed by atoms with Gasteiger partial charge in [0, 0.05) is 5.56 Å². The van der Waals surface area contributed by atoms with Gasteiger partial charge < -0.3 is 0 Å². The smallest absolute Gasteiger partial charge is 0.285 e. The van der Waals surface area contributed by atoms with Gasteiger partial charge in [-0.2, -0.15) is 0 Å². The van der Waals surface area contributed by atoms with E-state index in [0.717, 1.165) is 5.56 Å². The molecule has 0 radical (unpaired) electrons. The molecule has 0 fully saturated rings. The maximum atomic E-state index is 12.1. The monoisotopic (exact) mass is 240 g/mol. The lowest BCUT2D eigenvalue weighted by Gasteiger charge is -2.18. The molecule has 17 heavy (non-hydrogen) atoms. The summed E-state index contributed by atoms with van der Waals surface area (Å²) in [6.07, 6.45) is -3.25. The van der Waals surface area contributed by atoms with Gasteiger partial charge in [-0.1, -0.05) is 45.0 Å². The van der Waals surface area contributed by atoms with Crippen molar-refractivity contribution in [3.63, 3.8) is 0 Å². The van der Waals surface area contributed by atoms with Gasteiger partial charge in [0.15, 0.2) is 0 Å². The van der Waals surface area contributed by atoms with E-state index in [1.165, 1.54) is 12.1 Å². The summed E-state index contributed by atoms with van der Waals surface area (Å²) in [5.41, 5.74) is 0.885. The molecule has 2 nitrogen and oxygen atoms in total. The predicted octanol–water partition coefficient (Wildman–Crippen LogP) is 3.00. The van der Waals surface area contributed by atoms with Crippen molar-refractivity contribution in [1.29, 1.82) is 0 Å². The highest BCUT2D eigenvalue weighted by molar-refractivity contribution is 6.44. The first-order valence-corrected chi connectivity index (χ1v) is 5.20. The van der Waals surface area contributed by atoms with Crippen LogP contribution in [0, 0.1) is 0 Å². The fourth-order valence-electron chi connectivity index (χ4n) is 1.36. The van der Waals surface area contributed by atoms with Crippen LogP contribution in [0.4, 0.5) is 8.78 Å². The van der Waals surface area contributed by atoms with Gasteiger partial charge in [0.05, 0.1) is 0 Å². The summed E-state index contributed by atoms with van der Waals surface area (Å²) in [4.78, 5) is 22.1. The molecule has 0 saturated carbocycles. The molecule has 0 bridgehead atoms. The first kappa shape index (κ1) is 13.5. The normalized spacial score (nSPS) is 11.6. The number of ketones is 2. The van der Waals surface area contributed by atoms with Crippen LogP contribution in [0.2, 0.25) is 0 Å². The van der Waals surface area contributed by atoms with Gasteiger partial charge >= 0.3 is 6.43 Å². The number of hydrogen-bond donors (Lipinski definition) is 0. The first-order valence-electron chi connectivity index (χ1n) is 5.20. The highest BCUT2D eigenvalue weighted by atomic mass is 19.3. The van der Waals surface area contributed by atoms with Crippen molar-refractivity contribution < 1.29 is 18.4 Å². The van der Waals surface area contributed by atoms with Crippen LogP contribution < -0.4 is 0 Å². The van der Waals surface area contributed by atoms with Gasteiger partial charge in [-0.3, -0.25) is 9.59 Å². The second-order valence-corrected chi connectivity index (χ2v) is 4.82. The van der Waals surface area contributed by atoms with Crippen LogP contribution in [-0.2, 0) is 10.2 Å². The highest BCUT2D eigenvalue weighted by Gasteiger charge is 2.25. The summed E-state index contributed by atoms with van der Waals surface area (Å²) in [5, 5.41) is 0. The molecule has 0 amide bonds. The molecule has 0 unspecified atom stereocenters. The van der Waals surface area contributed by atoms with Gasteiger partial charge in [0.2, 0.25) is 5.78 Å². The lowest BCUT2D eigenvalue weighted by atomic mass is 9.86. The van der Waals surface area contributed by atoms with Crippen LogP contribution in [0.25, 0.3) is 0 Å². The fraction of sp³-hybridized carbons (Fsp3) is 0.385. The number of carbonyl (C=O) groups excluding carboxylic acids is 2. The van der Waals surface area contributed by atoms with Gasteiger partial charge in [-0.15, -0.1) is 0 Å². The van der Waals surface area contributed by atoms with Crippen molar-refractivity contribution in [3.05, 3.63) is 35.4 Å². The number of Topliss-reactive ketones (excluding diaryl/α,β-unsaturated/α-hetero) is 2. The highest BCUT2D eigenvalue weighted by Crippen LogP contribution is 2.22. The Hall–Kier alpha value is -1.58. The summed E-state index contributed by atoms with van der Waals surface area (Å²) in [7, 11) is 0. The van der Waals surface area contributed by atoms with E-state index in [4.69, 9.17) is 0 Å². The standard InChI is InChI=1S/C13H14F2O2/c1-13(2,3)9-6-4-8(5-7-9)10(16)11(17)12(14)15/h4-7,12H,1-3H3. The SMILES string of the molecule is CC(C)(C)c1ccc(C(=O)C(=O)C(F)F)cc1. The van der Waals surface area contributed by atoms with Crippen LogP contribution in [0.3, 0.4) is 0 Å². The lowest BCUT2D eigenvalue weighted by molar-refractivity contribution is -0.124. The molecule has 0 heterocycles. The van der Waals surface area contributed by atoms with Gasteiger partial charge in [-0.05, 0) is 11.0 Å². The van der Waals surface area contributed by atoms with E-state index in [0.29, 0.717) is 0 Å². The molecular formula is C13H14F2O2. The average molecular weight is 240 g/mol. The summed E-state index contributed by atoms with van der Waals surface area (Å²) < 4.78 is 24.1. The zero-order chi connectivity index (χ0) is 13.2. The summed E-state index contributed by atoms with van der Waals surface area (Å²) in [5.74, 6) is -2.80. The Morgan fingerprint density at radius 3 is 1.88 bits per heavy atom. The number of carbonyl (C=O) groups is 2. The predicted molar refractivity (Wildman–Crippen MR) is 60.5 cm³/mol. The fourth-order valence-corrected chi connectivity index (χ4v) is 1.36. The molecule has 1 aromatic carbocycles. The Labute approximate surface area is 98.6 Å². The van der Waals surface area contributed by atoms with Crippen LogP contribution >= 0.6 is 0 Å². The third kappa shape index (κ3) is 3.19. The van der Waals surface area contributed by atoms with Crippen LogP contribution in [0.15, 0.2) is 24.3 Å². The first-order chi connectivity index (χ1) is 7.73. The molecule has 1 aromatic rings. The maximum absolute atomic E-state index is 12.1. The zero-order valence-corrected chi connectivity index (χ0v) is 9.96. The number of hydrogen-bond acceptors (Lipinski definition) is 2. The molecule has 0 aromatic heterocycles. The molecule has 92 valence electrons. The minimum absolute atomic E-state index is 0.00306. The molecule has 0 aliphatic carbocycles. The van der Waals surface area contributed by atoms with Crippen molar-refractivity contribution >= 4 is 11.6 Å². The van der Waals surface area contributed by atoms with E-state index >= 15 is 0 Å². The van der Waals surface area contributed by atoms with E-state index in [9.17, 15) is 18.4 Å². The molecule has 1 rings (SSSR count). The van der Waals surface area contributed by atoms with Crippen molar-refractivity contribution in [2.75, 3.05) is 0 Å². The summed E-state index contributed by atoms with van der Waals surface area (Å²) in [6.45, 7) is 5.98. The zero-order valence-electron chi connectivity index (χ0n) is 9.96. The van der Waals surface area contributed by atoms with Gasteiger partial charge in [-0.25, -0.2) is 8.78 Å². The lowest BCUT2D eigenvalue weighted by Crippen LogP contribution is -2.22. The Morgan fingerprint density at radius 1 is 1.06 bits per heavy atom. The minimum atomic E-state index is -3.25. The Morgan fingerprint density at radius 2 is 1.53 bits per heavy atom. The molecule has 0 N–H and O–H groups in total. The van der Waals surface area contributed by atoms with Gasteiger partial charge in [0.1, 0.15) is 0 Å². The van der Waals surface area contributed by atoms with E-state index in [-0.39, 0.29) is 11.0 Å². The van der Waals surface area contributed by atoms with E-state index in [1.54, 1.807) is 12.1 Å². The molecule has 4 heteroatoms. The second kappa shape index (κ2) is 4.73. The minimum Gasteiger partial charge on any atom is -0.285 e. The molecule has 0 aliphatic rings. The number of benzene rings is 1. The number of halogens is 2. The largest absolute Gasteiger partial charge is 0.303 e. The van der Waals surface area contributed by atoms with Crippen molar-refractivity contribution in [1.82, 2.24) is 0 Å². The van der Waals surface area contributed by atoms with Crippen LogP contribution in [0.5, 0.6) is 0 Å². The van der Waals surface area contributed by atoms with E-state index in [1.807, 2.05) is 20.8 Å². The number of rotatable bonds is 3.